The van der Waals surface area contributed by atoms with Crippen molar-refractivity contribution in [3.05, 3.63) is 140 Å². The van der Waals surface area contributed by atoms with Gasteiger partial charge in [0, 0.05) is 106 Å². The number of hydrogen-bond donors (Lipinski definition) is 4. The van der Waals surface area contributed by atoms with Crippen molar-refractivity contribution in [2.45, 2.75) is 149 Å². The minimum Gasteiger partial charge on any atom is -0.812 e. The number of nitrogens with one attached hydrogen (secondary N) is 3. The van der Waals surface area contributed by atoms with Crippen molar-refractivity contribution in [2.75, 3.05) is 46.4 Å². The van der Waals surface area contributed by atoms with E-state index < -0.39 is 29.6 Å². The van der Waals surface area contributed by atoms with E-state index in [1.165, 1.54) is 75.4 Å². The van der Waals surface area contributed by atoms with Crippen LogP contribution in [0.1, 0.15) is 152 Å². The van der Waals surface area contributed by atoms with Crippen LogP contribution in [-0.2, 0) is 51.8 Å². The van der Waals surface area contributed by atoms with Crippen LogP contribution in [0.2, 0.25) is 10.3 Å². The summed E-state index contributed by atoms with van der Waals surface area (Å²) in [6.07, 6.45) is 5.56. The number of amides is 6. The first-order valence-electron chi connectivity index (χ1n) is 36.7. The summed E-state index contributed by atoms with van der Waals surface area (Å²) in [5, 5.41) is 21.8. The van der Waals surface area contributed by atoms with Gasteiger partial charge in [-0.05, 0) is 153 Å². The molecule has 37 heteroatoms. The number of nitrogens with zero attached hydrogens (tertiary/aromatic N) is 10. The van der Waals surface area contributed by atoms with Crippen LogP contribution in [-0.4, -0.2) is 135 Å². The second kappa shape index (κ2) is 64.7. The van der Waals surface area contributed by atoms with E-state index >= 15 is 0 Å². The van der Waals surface area contributed by atoms with Crippen molar-refractivity contribution >= 4 is 129 Å². The second-order valence-electron chi connectivity index (χ2n) is 17.5. The van der Waals surface area contributed by atoms with Gasteiger partial charge in [-0.2, -0.15) is 0 Å². The molecule has 28 nitrogen and oxygen atoms in total. The van der Waals surface area contributed by atoms with E-state index in [2.05, 4.69) is 47.1 Å². The van der Waals surface area contributed by atoms with Crippen LogP contribution in [0.15, 0.2) is 62.6 Å². The average molecular weight is 1740 g/mol. The Hall–Kier alpha value is -2.96. The molecule has 3 unspecified atom stereocenters. The van der Waals surface area contributed by atoms with Gasteiger partial charge < -0.3 is 21.9 Å². The molecule has 0 aliphatic carbocycles. The summed E-state index contributed by atoms with van der Waals surface area (Å²) in [7, 11) is 1.97. The predicted octanol–water partition coefficient (Wildman–Crippen LogP) is 2.96. The molecule has 0 aromatic carbocycles. The number of rotatable bonds is 14. The molecular weight excluding hydrogens is 1600 g/mol. The van der Waals surface area contributed by atoms with E-state index in [1.54, 1.807) is 77.9 Å². The summed E-state index contributed by atoms with van der Waals surface area (Å²) < 4.78 is 105. The van der Waals surface area contributed by atoms with E-state index in [1.807, 2.05) is 32.2 Å². The van der Waals surface area contributed by atoms with Gasteiger partial charge in [-0.3, -0.25) is 84.8 Å². The molecule has 542 valence electrons. The normalized spacial score (nSPS) is 11.1. The zero-order chi connectivity index (χ0) is 91.1. The van der Waals surface area contributed by atoms with Gasteiger partial charge >= 0.3 is 151 Å². The number of halogens is 3. The summed E-state index contributed by atoms with van der Waals surface area (Å²) in [5.41, 5.74) is 4.36. The van der Waals surface area contributed by atoms with E-state index in [9.17, 15) is 67.1 Å². The molecule has 5 rings (SSSR count). The first-order valence-corrected chi connectivity index (χ1v) is 34.5. The fourth-order valence-corrected chi connectivity index (χ4v) is 8.91. The van der Waals surface area contributed by atoms with E-state index in [0.717, 1.165) is 28.3 Å². The molecule has 4 aromatic heterocycles. The molecule has 1 aliphatic rings. The average Bonchev–Trinajstić information content (AvgIpc) is 0.822. The van der Waals surface area contributed by atoms with Gasteiger partial charge in [0.25, 0.3) is 22.2 Å². The Kier molecular flexibility index (Phi) is 60.0. The van der Waals surface area contributed by atoms with Crippen molar-refractivity contribution in [3.63, 3.8) is 0 Å². The molecule has 6 amide bonds. The third-order valence-electron chi connectivity index (χ3n) is 9.92. The van der Waals surface area contributed by atoms with Crippen LogP contribution < -0.4 is 178 Å². The molecule has 0 saturated carbocycles. The molecule has 0 radical (unpaired) electrons. The molecular formula is C57H117Cl2IN14O14P4Rb2. The second-order valence-corrected chi connectivity index (χ2v) is 22.0. The summed E-state index contributed by atoms with van der Waals surface area (Å²) in [4.78, 5) is 157. The maximum Gasteiger partial charge on any atom is 1.00 e. The zero-order valence-electron chi connectivity index (χ0n) is 75.9. The third kappa shape index (κ3) is 48.7. The first kappa shape index (κ1) is 87.1. The number of Topliss-reactive ketones (excluding diaryl/α,β-unsaturated/α-hetero) is 2. The van der Waals surface area contributed by atoms with Crippen LogP contribution in [0.5, 0.6) is 0 Å². The number of nitrogens with two attached hydrogens (primary N) is 1. The molecule has 1 fully saturated rings. The summed E-state index contributed by atoms with van der Waals surface area (Å²) in [6, 6.07) is 4.35. The molecule has 1 aliphatic heterocycles. The minimum absolute atomic E-state index is 0. The van der Waals surface area contributed by atoms with Gasteiger partial charge in [0.1, 0.15) is 28.9 Å². The van der Waals surface area contributed by atoms with Gasteiger partial charge in [0.2, 0.25) is 11.8 Å². The van der Waals surface area contributed by atoms with Crippen molar-refractivity contribution in [1.29, 1.82) is 0.594 Å². The largest absolute Gasteiger partial charge is 1.00 e. The molecule has 5 heterocycles. The fraction of sp³-hybridized carbons (Fsp3) is 0.509. The number of aryl methyl sites for hydroxylation is 2. The zero-order valence-corrected chi connectivity index (χ0v) is 74.4. The maximum atomic E-state index is 12.0. The molecule has 3 atom stereocenters. The maximum absolute atomic E-state index is 12.0. The van der Waals surface area contributed by atoms with E-state index in [0.29, 0.717) is 78.0 Å². The van der Waals surface area contributed by atoms with Crippen molar-refractivity contribution < 1.29 is 176 Å². The van der Waals surface area contributed by atoms with Gasteiger partial charge in [-0.1, -0.05) is 57.3 Å². The number of carbonyl (C=O) groups excluding carboxylic acids is 6. The quantitative estimate of drug-likeness (QED) is 0.0352. The SMILES string of the molecule is C.C#CC#CC.CC(=O)CC(C)=O.CC(C)=[N-].CCN1C(=O)CC(=O)NC1=O.CCNC(N)=O.CCn1c(=O)cc(C)n(PC)c1=O.CCn1c(=O)cc(CCC(C)=[N-])n(PC)c1=O.CCn1c(=O)cc(Cl)[nH]c1=O.CCn1c(=O)cc(Cl)n(PC)c1=O.CPC.[2HH].[2HH].[2HH].[2H]I.[2H][2H].[2H][2H].[2H][2H].[2H][2H].[2H][2H].[2H][2H].[2H][2H].[2H][2H].[2H][2H].[Rb+].[Rb+]. The molecule has 4 aromatic rings. The van der Waals surface area contributed by atoms with Crippen molar-refractivity contribution in [1.82, 2.24) is 51.8 Å². The third-order valence-corrected chi connectivity index (χ3v) is 13.3. The summed E-state index contributed by atoms with van der Waals surface area (Å²) in [5.74, 6) is 6.00. The van der Waals surface area contributed by atoms with Crippen molar-refractivity contribution in [2.24, 2.45) is 5.73 Å². The predicted molar refractivity (Wildman–Crippen MR) is 419 cm³/mol. The number of aromatic nitrogens is 8. The number of H-pyrrole nitrogens is 1. The molecule has 0 spiro atoms. The molecule has 1 saturated heterocycles. The Bertz CT molecular complexity index is 3580. The Morgan fingerprint density at radius 2 is 1.10 bits per heavy atom. The van der Waals surface area contributed by atoms with Crippen LogP contribution >= 0.6 is 81.8 Å². The van der Waals surface area contributed by atoms with Crippen LogP contribution in [0, 0.1) is 31.1 Å². The monoisotopic (exact) mass is 1730 g/mol. The number of terminal acetylenes is 1. The number of ketones is 2. The first-order chi connectivity index (χ1) is 52.0. The molecule has 5 N–H and O–H groups in total. The Balaban J connectivity index is -0.0000000451. The number of hydrogen-bond acceptors (Lipinski definition) is 14. The number of imide groups is 2. The summed E-state index contributed by atoms with van der Waals surface area (Å²) in [6.45, 7) is 34.1. The summed E-state index contributed by atoms with van der Waals surface area (Å²) >= 11 is 12.5. The van der Waals surface area contributed by atoms with Crippen LogP contribution in [0.3, 0.4) is 0 Å². The Morgan fingerprint density at radius 3 is 1.39 bits per heavy atom. The number of carbonyl (C=O) groups is 6. The fourth-order valence-electron chi connectivity index (χ4n) is 6.23. The molecule has 94 heavy (non-hydrogen) atoms. The van der Waals surface area contributed by atoms with E-state index in [4.69, 9.17) is 67.8 Å². The van der Waals surface area contributed by atoms with Crippen LogP contribution in [0.4, 0.5) is 9.59 Å². The van der Waals surface area contributed by atoms with Gasteiger partial charge in [-0.25, -0.2) is 40.2 Å². The van der Waals surface area contributed by atoms with Gasteiger partial charge in [0.05, 0.1) is 6.42 Å². The molecule has 0 bridgehead atoms. The van der Waals surface area contributed by atoms with Crippen molar-refractivity contribution in [3.8, 4) is 24.2 Å². The number of aromatic amines is 1. The Labute approximate surface area is 715 Å². The minimum atomic E-state index is -0.617. The van der Waals surface area contributed by atoms with E-state index in [-0.39, 0.29) is 220 Å². The number of urea groups is 2. The number of barbiturate groups is 1. The number of primary amides is 1. The van der Waals surface area contributed by atoms with Crippen LogP contribution in [0.25, 0.3) is 10.8 Å². The standard InChI is InChI=1S/C11H17N3O2P.C8H13N2O2P.C7H10ClN2O2P.C6H7ClN2O2.C6H8N2O3.C5H8O2.C5H4.C3H8N2O.C3H6N.C2H7P.CH4.HI.2Rb.12H2/c1-4-13-10(15)7-9(6-5-8(2)12)14(17-3)11(13)16;1-4-9-7(11)5-6(2)10(13-3)8(9)12;1-3-9-6(11)4-5(8)10(13-2)7(9)12;1-2-9-5(10)3-4(7)8-6(9)11;1-2-8-5(10)3-4(9)7-6(8)11;1-4(6)3-5(2)7;1-3-5-4-2;1-2-5-3(4)6;1-3(2)4;1-3-2;;;;;;;;;;;;;;;;/h7,17H,4-6H2,1-3H3;5,13H,4H2,1-3H3;4,13H,3H2,1-2H3;3H,2H2,1H3,(H,8,11);2-3H2,1H3,(H,7,9,11);3H2,1-2H3;1H,2H3;2H2,1H3,(H3,4,5,6);1-2H3;3H,1-2H3;1H4;1H;;;12*1H/q-1;;;;;;;;-1;;;;2*+1;;;;;;;;;;;;/i;;;;;;;;;;;;;;9*1+1D;3*1+1/hD. The Morgan fingerprint density at radius 1 is 0.702 bits per heavy atom. The van der Waals surface area contributed by atoms with Gasteiger partial charge in [0.15, 0.2) is 0 Å². The topological polar surface area (TPSA) is 387 Å². The van der Waals surface area contributed by atoms with Gasteiger partial charge in [-0.15, -0.1) is 38.8 Å². The smallest absolute Gasteiger partial charge is 0.812 e.